The smallest absolute Gasteiger partial charge is 0.303 e. The van der Waals surface area contributed by atoms with Crippen LogP contribution in [0.15, 0.2) is 12.7 Å². The van der Waals surface area contributed by atoms with Gasteiger partial charge in [-0.05, 0) is 0 Å². The summed E-state index contributed by atoms with van der Waals surface area (Å²) >= 11 is 0. The number of methoxy groups -OCH3 is 1. The van der Waals surface area contributed by atoms with E-state index in [0.29, 0.717) is 6.61 Å². The molecule has 1 rings (SSSR count). The van der Waals surface area contributed by atoms with Crippen LogP contribution in [-0.2, 0) is 38.1 Å². The Kier molecular flexibility index (Phi) is 8.05. The Morgan fingerprint density at radius 3 is 1.84 bits per heavy atom. The van der Waals surface area contributed by atoms with E-state index in [1.807, 2.05) is 0 Å². The van der Waals surface area contributed by atoms with Gasteiger partial charge in [-0.3, -0.25) is 14.4 Å². The highest BCUT2D eigenvalue weighted by Crippen LogP contribution is 2.37. The molecular formula is C17H26O8. The highest BCUT2D eigenvalue weighted by Gasteiger charge is 2.51. The Bertz CT molecular complexity index is 475. The van der Waals surface area contributed by atoms with Crippen molar-refractivity contribution >= 4 is 17.9 Å². The minimum absolute atomic E-state index is 0.178. The maximum atomic E-state index is 11.5. The third-order valence-corrected chi connectivity index (χ3v) is 3.85. The summed E-state index contributed by atoms with van der Waals surface area (Å²) in [5.74, 6) is -1.64. The Balaban J connectivity index is 3.11. The molecular weight excluding hydrogens is 332 g/mol. The Morgan fingerprint density at radius 1 is 1.00 bits per heavy atom. The standard InChI is InChI=1S/C17H26O8/c1-6-7-22-10-17(21-5)8-14(23-11(2)18)16(25-13(4)20)15(9-17)24-12(3)19/h6,14-16H,1,7-10H2,2-5H3. The van der Waals surface area contributed by atoms with Gasteiger partial charge in [-0.2, -0.15) is 0 Å². The summed E-state index contributed by atoms with van der Waals surface area (Å²) in [6, 6.07) is 0. The molecule has 0 aromatic carbocycles. The summed E-state index contributed by atoms with van der Waals surface area (Å²) in [6.45, 7) is 7.82. The van der Waals surface area contributed by atoms with Gasteiger partial charge >= 0.3 is 17.9 Å². The fourth-order valence-corrected chi connectivity index (χ4v) is 2.95. The quantitative estimate of drug-likeness (QED) is 0.276. The molecule has 0 aromatic heterocycles. The first-order valence-corrected chi connectivity index (χ1v) is 7.98. The molecule has 1 saturated carbocycles. The molecule has 25 heavy (non-hydrogen) atoms. The van der Waals surface area contributed by atoms with Crippen LogP contribution >= 0.6 is 0 Å². The van der Waals surface area contributed by atoms with Gasteiger partial charge in [0.15, 0.2) is 6.10 Å². The zero-order valence-corrected chi connectivity index (χ0v) is 15.1. The third kappa shape index (κ3) is 6.47. The Hall–Kier alpha value is -1.93. The molecule has 0 bridgehead atoms. The van der Waals surface area contributed by atoms with Crippen LogP contribution in [0.4, 0.5) is 0 Å². The molecule has 2 atom stereocenters. The fourth-order valence-electron chi connectivity index (χ4n) is 2.95. The van der Waals surface area contributed by atoms with Crippen molar-refractivity contribution in [2.75, 3.05) is 20.3 Å². The van der Waals surface area contributed by atoms with Gasteiger partial charge in [0, 0.05) is 40.7 Å². The molecule has 1 fully saturated rings. The Labute approximate surface area is 147 Å². The van der Waals surface area contributed by atoms with Gasteiger partial charge in [0.25, 0.3) is 0 Å². The van der Waals surface area contributed by atoms with E-state index in [-0.39, 0.29) is 19.4 Å². The maximum absolute atomic E-state index is 11.5. The molecule has 0 spiro atoms. The summed E-state index contributed by atoms with van der Waals surface area (Å²) in [6.07, 6.45) is -0.501. The summed E-state index contributed by atoms with van der Waals surface area (Å²) < 4.78 is 27.0. The molecule has 8 nitrogen and oxygen atoms in total. The van der Waals surface area contributed by atoms with Crippen LogP contribution in [0.5, 0.6) is 0 Å². The van der Waals surface area contributed by atoms with Gasteiger partial charge in [0.05, 0.1) is 18.8 Å². The first-order valence-electron chi connectivity index (χ1n) is 7.98. The lowest BCUT2D eigenvalue weighted by Gasteiger charge is -2.45. The lowest BCUT2D eigenvalue weighted by atomic mass is 9.79. The van der Waals surface area contributed by atoms with Crippen LogP contribution < -0.4 is 0 Å². The van der Waals surface area contributed by atoms with Crippen LogP contribution in [0, 0.1) is 0 Å². The maximum Gasteiger partial charge on any atom is 0.303 e. The second kappa shape index (κ2) is 9.53. The zero-order valence-electron chi connectivity index (χ0n) is 15.1. The molecule has 1 aliphatic carbocycles. The van der Waals surface area contributed by atoms with Crippen LogP contribution in [-0.4, -0.2) is 62.1 Å². The first-order chi connectivity index (χ1) is 11.7. The number of esters is 3. The summed E-state index contributed by atoms with van der Waals surface area (Å²) in [5.41, 5.74) is -0.861. The first kappa shape index (κ1) is 21.1. The molecule has 0 amide bonds. The van der Waals surface area contributed by atoms with Crippen molar-refractivity contribution in [3.63, 3.8) is 0 Å². The number of ether oxygens (including phenoxy) is 5. The minimum atomic E-state index is -0.909. The molecule has 0 heterocycles. The SMILES string of the molecule is C=CCOCC1(OC)CC(OC(C)=O)C(OC(C)=O)C(OC(C)=O)C1. The summed E-state index contributed by atoms with van der Waals surface area (Å²) in [7, 11) is 1.50. The summed E-state index contributed by atoms with van der Waals surface area (Å²) in [5, 5.41) is 0. The van der Waals surface area contributed by atoms with Gasteiger partial charge in [0.1, 0.15) is 12.2 Å². The number of rotatable bonds is 8. The van der Waals surface area contributed by atoms with E-state index in [0.717, 1.165) is 0 Å². The number of hydrogen-bond donors (Lipinski definition) is 0. The molecule has 142 valence electrons. The van der Waals surface area contributed by atoms with Gasteiger partial charge < -0.3 is 23.7 Å². The highest BCUT2D eigenvalue weighted by atomic mass is 16.6. The average Bonchev–Trinajstić information content (AvgIpc) is 2.49. The fraction of sp³-hybridized carbons (Fsp3) is 0.706. The van der Waals surface area contributed by atoms with Crippen LogP contribution in [0.3, 0.4) is 0 Å². The van der Waals surface area contributed by atoms with Gasteiger partial charge in [0.2, 0.25) is 0 Å². The van der Waals surface area contributed by atoms with E-state index in [1.165, 1.54) is 27.9 Å². The largest absolute Gasteiger partial charge is 0.458 e. The number of hydrogen-bond acceptors (Lipinski definition) is 8. The van der Waals surface area contributed by atoms with Crippen LogP contribution in [0.1, 0.15) is 33.6 Å². The monoisotopic (exact) mass is 358 g/mol. The topological polar surface area (TPSA) is 97.4 Å². The van der Waals surface area contributed by atoms with Crippen molar-refractivity contribution in [1.29, 1.82) is 0 Å². The molecule has 0 aromatic rings. The van der Waals surface area contributed by atoms with Gasteiger partial charge in [-0.1, -0.05) is 6.08 Å². The van der Waals surface area contributed by atoms with Crippen molar-refractivity contribution in [2.45, 2.75) is 57.5 Å². The van der Waals surface area contributed by atoms with E-state index in [1.54, 1.807) is 6.08 Å². The van der Waals surface area contributed by atoms with Gasteiger partial charge in [-0.15, -0.1) is 6.58 Å². The van der Waals surface area contributed by atoms with E-state index < -0.39 is 41.8 Å². The number of carbonyl (C=O) groups is 3. The molecule has 2 unspecified atom stereocenters. The third-order valence-electron chi connectivity index (χ3n) is 3.85. The highest BCUT2D eigenvalue weighted by molar-refractivity contribution is 5.68. The normalized spacial score (nSPS) is 28.7. The second-order valence-electron chi connectivity index (χ2n) is 5.97. The van der Waals surface area contributed by atoms with Crippen LogP contribution in [0.25, 0.3) is 0 Å². The lowest BCUT2D eigenvalue weighted by Crippen LogP contribution is -2.58. The molecule has 8 heteroatoms. The van der Waals surface area contributed by atoms with E-state index in [4.69, 9.17) is 23.7 Å². The minimum Gasteiger partial charge on any atom is -0.458 e. The van der Waals surface area contributed by atoms with E-state index in [9.17, 15) is 14.4 Å². The van der Waals surface area contributed by atoms with E-state index in [2.05, 4.69) is 6.58 Å². The molecule has 0 radical (unpaired) electrons. The van der Waals surface area contributed by atoms with Crippen molar-refractivity contribution in [3.8, 4) is 0 Å². The van der Waals surface area contributed by atoms with Crippen molar-refractivity contribution in [3.05, 3.63) is 12.7 Å². The average molecular weight is 358 g/mol. The molecule has 0 N–H and O–H groups in total. The van der Waals surface area contributed by atoms with Crippen molar-refractivity contribution in [2.24, 2.45) is 0 Å². The predicted molar refractivity (Wildman–Crippen MR) is 86.7 cm³/mol. The van der Waals surface area contributed by atoms with Crippen molar-refractivity contribution < 1.29 is 38.1 Å². The molecule has 1 aliphatic rings. The van der Waals surface area contributed by atoms with Gasteiger partial charge in [-0.25, -0.2) is 0 Å². The van der Waals surface area contributed by atoms with E-state index >= 15 is 0 Å². The predicted octanol–water partition coefficient (Wildman–Crippen LogP) is 1.16. The number of carbonyl (C=O) groups excluding carboxylic acids is 3. The Morgan fingerprint density at radius 2 is 1.48 bits per heavy atom. The second-order valence-corrected chi connectivity index (χ2v) is 5.97. The zero-order chi connectivity index (χ0) is 19.0. The molecule has 0 saturated heterocycles. The lowest BCUT2D eigenvalue weighted by molar-refractivity contribution is -0.218. The van der Waals surface area contributed by atoms with Crippen LogP contribution in [0.2, 0.25) is 0 Å². The van der Waals surface area contributed by atoms with Crippen molar-refractivity contribution in [1.82, 2.24) is 0 Å². The summed E-state index contributed by atoms with van der Waals surface area (Å²) in [4.78, 5) is 34.4. The molecule has 0 aliphatic heterocycles.